The summed E-state index contributed by atoms with van der Waals surface area (Å²) >= 11 is 0. The lowest BCUT2D eigenvalue weighted by Crippen LogP contribution is -1.97. The van der Waals surface area contributed by atoms with Gasteiger partial charge in [-0.15, -0.1) is 24.8 Å². The average molecular weight is 234 g/mol. The van der Waals surface area contributed by atoms with E-state index in [2.05, 4.69) is 23.0 Å². The van der Waals surface area contributed by atoms with Crippen LogP contribution in [-0.2, 0) is 6.54 Å². The van der Waals surface area contributed by atoms with Gasteiger partial charge in [-0.25, -0.2) is 4.98 Å². The number of nitrogens with one attached hydrogen (secondary N) is 1. The standard InChI is InChI=1S/C9H11N3.2ClH/c1-6-2-3-7-8(4-6)12-9(5-10)11-7;;/h2-4H,5,10H2,1H3,(H,11,12);2*1H. The SMILES string of the molecule is Cc1ccc2nc(CN)[nH]c2c1.Cl.Cl. The number of aromatic amines is 1. The first-order valence-electron chi connectivity index (χ1n) is 3.95. The molecule has 0 aliphatic heterocycles. The van der Waals surface area contributed by atoms with Crippen molar-refractivity contribution in [3.05, 3.63) is 29.6 Å². The summed E-state index contributed by atoms with van der Waals surface area (Å²) in [7, 11) is 0. The molecule has 78 valence electrons. The molecule has 14 heavy (non-hydrogen) atoms. The molecule has 0 amide bonds. The van der Waals surface area contributed by atoms with Crippen LogP contribution in [0.3, 0.4) is 0 Å². The second-order valence-corrected chi connectivity index (χ2v) is 2.91. The normalized spacial score (nSPS) is 9.29. The van der Waals surface area contributed by atoms with Crippen molar-refractivity contribution in [2.24, 2.45) is 5.73 Å². The van der Waals surface area contributed by atoms with Gasteiger partial charge in [-0.1, -0.05) is 6.07 Å². The largest absolute Gasteiger partial charge is 0.341 e. The topological polar surface area (TPSA) is 54.7 Å². The minimum Gasteiger partial charge on any atom is -0.341 e. The van der Waals surface area contributed by atoms with Crippen LogP contribution in [0, 0.1) is 6.92 Å². The van der Waals surface area contributed by atoms with E-state index in [4.69, 9.17) is 5.73 Å². The quantitative estimate of drug-likeness (QED) is 0.794. The van der Waals surface area contributed by atoms with Gasteiger partial charge in [0.2, 0.25) is 0 Å². The van der Waals surface area contributed by atoms with E-state index in [1.54, 1.807) is 0 Å². The molecule has 0 saturated heterocycles. The van der Waals surface area contributed by atoms with Crippen LogP contribution in [0.25, 0.3) is 11.0 Å². The lowest BCUT2D eigenvalue weighted by molar-refractivity contribution is 0.958. The Labute approximate surface area is 94.9 Å². The third-order valence-corrected chi connectivity index (χ3v) is 1.88. The Hall–Kier alpha value is -0.770. The molecule has 0 aliphatic rings. The van der Waals surface area contributed by atoms with E-state index in [1.165, 1.54) is 5.56 Å². The van der Waals surface area contributed by atoms with Gasteiger partial charge in [-0.3, -0.25) is 0 Å². The van der Waals surface area contributed by atoms with Gasteiger partial charge in [0.05, 0.1) is 17.6 Å². The molecule has 0 radical (unpaired) electrons. The zero-order valence-corrected chi connectivity index (χ0v) is 9.41. The number of halogens is 2. The number of aryl methyl sites for hydroxylation is 1. The summed E-state index contributed by atoms with van der Waals surface area (Å²) in [5.74, 6) is 0.843. The predicted molar refractivity (Wildman–Crippen MR) is 63.2 cm³/mol. The number of benzene rings is 1. The molecular formula is C9H13Cl2N3. The van der Waals surface area contributed by atoms with Crippen molar-refractivity contribution in [2.75, 3.05) is 0 Å². The second kappa shape index (κ2) is 5.20. The van der Waals surface area contributed by atoms with E-state index in [9.17, 15) is 0 Å². The van der Waals surface area contributed by atoms with Gasteiger partial charge in [0, 0.05) is 0 Å². The highest BCUT2D eigenvalue weighted by atomic mass is 35.5. The minimum atomic E-state index is 0. The van der Waals surface area contributed by atoms with Crippen LogP contribution < -0.4 is 5.73 Å². The molecule has 2 aromatic rings. The molecule has 1 heterocycles. The molecule has 0 bridgehead atoms. The Morgan fingerprint density at radius 2 is 2.07 bits per heavy atom. The summed E-state index contributed by atoms with van der Waals surface area (Å²) in [6, 6.07) is 6.12. The lowest BCUT2D eigenvalue weighted by Gasteiger charge is -1.89. The molecule has 0 spiro atoms. The molecule has 3 N–H and O–H groups in total. The van der Waals surface area contributed by atoms with E-state index in [-0.39, 0.29) is 24.8 Å². The van der Waals surface area contributed by atoms with Gasteiger partial charge in [-0.2, -0.15) is 0 Å². The van der Waals surface area contributed by atoms with Gasteiger partial charge in [-0.05, 0) is 24.6 Å². The predicted octanol–water partition coefficient (Wildman–Crippen LogP) is 2.17. The van der Waals surface area contributed by atoms with Crippen LogP contribution >= 0.6 is 24.8 Å². The fraction of sp³-hybridized carbons (Fsp3) is 0.222. The number of rotatable bonds is 1. The molecule has 1 aromatic heterocycles. The number of imidazole rings is 1. The number of fused-ring (bicyclic) bond motifs is 1. The number of nitrogens with zero attached hydrogens (tertiary/aromatic N) is 1. The van der Waals surface area contributed by atoms with Crippen molar-refractivity contribution < 1.29 is 0 Å². The zero-order chi connectivity index (χ0) is 8.55. The Balaban J connectivity index is 0.000000845. The van der Waals surface area contributed by atoms with Gasteiger partial charge in [0.25, 0.3) is 0 Å². The number of aromatic nitrogens is 2. The van der Waals surface area contributed by atoms with Crippen LogP contribution in [0.4, 0.5) is 0 Å². The molecule has 0 atom stereocenters. The highest BCUT2D eigenvalue weighted by Gasteiger charge is 1.99. The third-order valence-electron chi connectivity index (χ3n) is 1.88. The van der Waals surface area contributed by atoms with Crippen molar-refractivity contribution in [3.63, 3.8) is 0 Å². The highest BCUT2D eigenvalue weighted by molar-refractivity contribution is 5.85. The Morgan fingerprint density at radius 1 is 1.36 bits per heavy atom. The summed E-state index contributed by atoms with van der Waals surface area (Å²) in [5.41, 5.74) is 8.74. The smallest absolute Gasteiger partial charge is 0.121 e. The minimum absolute atomic E-state index is 0. The maximum absolute atomic E-state index is 5.46. The van der Waals surface area contributed by atoms with Crippen molar-refractivity contribution >= 4 is 35.8 Å². The van der Waals surface area contributed by atoms with Crippen molar-refractivity contribution in [1.82, 2.24) is 9.97 Å². The Bertz CT molecular complexity index is 411. The van der Waals surface area contributed by atoms with E-state index < -0.39 is 0 Å². The van der Waals surface area contributed by atoms with E-state index >= 15 is 0 Å². The first-order valence-corrected chi connectivity index (χ1v) is 3.95. The summed E-state index contributed by atoms with van der Waals surface area (Å²) < 4.78 is 0. The molecule has 5 heteroatoms. The van der Waals surface area contributed by atoms with Gasteiger partial charge in [0.15, 0.2) is 0 Å². The first-order chi connectivity index (χ1) is 5.79. The number of nitrogens with two attached hydrogens (primary N) is 1. The number of H-pyrrole nitrogens is 1. The van der Waals surface area contributed by atoms with Crippen molar-refractivity contribution in [2.45, 2.75) is 13.5 Å². The summed E-state index contributed by atoms with van der Waals surface area (Å²) in [6.07, 6.45) is 0. The van der Waals surface area contributed by atoms with Crippen LogP contribution in [0.15, 0.2) is 18.2 Å². The maximum atomic E-state index is 5.46. The maximum Gasteiger partial charge on any atom is 0.121 e. The lowest BCUT2D eigenvalue weighted by atomic mass is 10.2. The monoisotopic (exact) mass is 233 g/mol. The third kappa shape index (κ3) is 2.38. The van der Waals surface area contributed by atoms with Crippen molar-refractivity contribution in [3.8, 4) is 0 Å². The fourth-order valence-corrected chi connectivity index (χ4v) is 1.27. The van der Waals surface area contributed by atoms with Crippen LogP contribution in [-0.4, -0.2) is 9.97 Å². The van der Waals surface area contributed by atoms with E-state index in [0.717, 1.165) is 16.9 Å². The van der Waals surface area contributed by atoms with Crippen LogP contribution in [0.1, 0.15) is 11.4 Å². The molecule has 1 aromatic carbocycles. The van der Waals surface area contributed by atoms with Gasteiger partial charge >= 0.3 is 0 Å². The first kappa shape index (κ1) is 13.2. The van der Waals surface area contributed by atoms with Gasteiger partial charge in [0.1, 0.15) is 5.82 Å². The number of hydrogen-bond donors (Lipinski definition) is 2. The Morgan fingerprint density at radius 3 is 2.71 bits per heavy atom. The molecule has 0 fully saturated rings. The number of hydrogen-bond acceptors (Lipinski definition) is 2. The molecule has 0 unspecified atom stereocenters. The summed E-state index contributed by atoms with van der Waals surface area (Å²) in [4.78, 5) is 7.44. The van der Waals surface area contributed by atoms with Crippen LogP contribution in [0.5, 0.6) is 0 Å². The van der Waals surface area contributed by atoms with Crippen molar-refractivity contribution in [1.29, 1.82) is 0 Å². The van der Waals surface area contributed by atoms with E-state index in [1.807, 2.05) is 12.1 Å². The average Bonchev–Trinajstić information content (AvgIpc) is 2.46. The second-order valence-electron chi connectivity index (χ2n) is 2.91. The summed E-state index contributed by atoms with van der Waals surface area (Å²) in [5, 5.41) is 0. The van der Waals surface area contributed by atoms with Gasteiger partial charge < -0.3 is 10.7 Å². The van der Waals surface area contributed by atoms with E-state index in [0.29, 0.717) is 6.54 Å². The molecular weight excluding hydrogens is 221 g/mol. The highest BCUT2D eigenvalue weighted by Crippen LogP contribution is 2.12. The molecule has 3 nitrogen and oxygen atoms in total. The fourth-order valence-electron chi connectivity index (χ4n) is 1.27. The Kier molecular flexibility index (Phi) is 4.91. The van der Waals surface area contributed by atoms with Crippen LogP contribution in [0.2, 0.25) is 0 Å². The summed E-state index contributed by atoms with van der Waals surface area (Å²) in [6.45, 7) is 2.52. The molecule has 2 rings (SSSR count). The molecule has 0 saturated carbocycles. The molecule has 0 aliphatic carbocycles. The zero-order valence-electron chi connectivity index (χ0n) is 7.78.